The van der Waals surface area contributed by atoms with Crippen molar-refractivity contribution >= 4 is 12.1 Å². The van der Waals surface area contributed by atoms with Crippen LogP contribution < -0.4 is 5.32 Å². The molecule has 0 aromatic rings. The zero-order valence-corrected chi connectivity index (χ0v) is 7.16. The molecule has 0 aliphatic heterocycles. The Morgan fingerprint density at radius 2 is 2.08 bits per heavy atom. The first-order valence-corrected chi connectivity index (χ1v) is 3.77. The molecule has 5 nitrogen and oxygen atoms in total. The number of rotatable bonds is 4. The van der Waals surface area contributed by atoms with E-state index in [1.54, 1.807) is 13.8 Å². The highest BCUT2D eigenvalue weighted by Crippen LogP contribution is 1.91. The number of ether oxygens (including phenoxy) is 1. The number of aliphatic carboxylic acids is 1. The molecule has 0 rings (SSSR count). The van der Waals surface area contributed by atoms with Gasteiger partial charge in [-0.05, 0) is 13.3 Å². The Morgan fingerprint density at radius 3 is 2.42 bits per heavy atom. The summed E-state index contributed by atoms with van der Waals surface area (Å²) in [6, 6.07) is -0.857. The van der Waals surface area contributed by atoms with Gasteiger partial charge in [0.05, 0.1) is 6.61 Å². The molecule has 0 saturated carbocycles. The van der Waals surface area contributed by atoms with E-state index < -0.39 is 18.1 Å². The van der Waals surface area contributed by atoms with Gasteiger partial charge >= 0.3 is 12.1 Å². The SMILES string of the molecule is CCOC(=O)N[C@H](CC)C(=O)O. The Balaban J connectivity index is 3.85. The van der Waals surface area contributed by atoms with Crippen molar-refractivity contribution in [3.63, 3.8) is 0 Å². The predicted octanol–water partition coefficient (Wildman–Crippen LogP) is 0.596. The van der Waals surface area contributed by atoms with Gasteiger partial charge in [-0.2, -0.15) is 0 Å². The lowest BCUT2D eigenvalue weighted by Gasteiger charge is -2.11. The van der Waals surface area contributed by atoms with Crippen molar-refractivity contribution in [1.82, 2.24) is 5.32 Å². The van der Waals surface area contributed by atoms with E-state index >= 15 is 0 Å². The molecule has 0 spiro atoms. The number of amides is 1. The molecule has 1 atom stereocenters. The largest absolute Gasteiger partial charge is 0.480 e. The third kappa shape index (κ3) is 3.80. The number of carbonyl (C=O) groups excluding carboxylic acids is 1. The molecule has 5 heteroatoms. The monoisotopic (exact) mass is 175 g/mol. The molecule has 0 bridgehead atoms. The fraction of sp³-hybridized carbons (Fsp3) is 0.714. The van der Waals surface area contributed by atoms with Crippen LogP contribution in [-0.2, 0) is 9.53 Å². The van der Waals surface area contributed by atoms with E-state index in [2.05, 4.69) is 10.1 Å². The molecule has 0 fully saturated rings. The molecule has 12 heavy (non-hydrogen) atoms. The van der Waals surface area contributed by atoms with Gasteiger partial charge in [-0.25, -0.2) is 9.59 Å². The molecule has 0 aromatic heterocycles. The average molecular weight is 175 g/mol. The maximum atomic E-state index is 10.7. The summed E-state index contributed by atoms with van der Waals surface area (Å²) in [7, 11) is 0. The Labute approximate surface area is 70.7 Å². The van der Waals surface area contributed by atoms with E-state index in [-0.39, 0.29) is 6.61 Å². The lowest BCUT2D eigenvalue weighted by atomic mass is 10.2. The van der Waals surface area contributed by atoms with E-state index in [1.165, 1.54) is 0 Å². The highest BCUT2D eigenvalue weighted by Gasteiger charge is 2.17. The summed E-state index contributed by atoms with van der Waals surface area (Å²) in [4.78, 5) is 21.1. The van der Waals surface area contributed by atoms with Crippen molar-refractivity contribution in [3.8, 4) is 0 Å². The average Bonchev–Trinajstić information content (AvgIpc) is 2.00. The first kappa shape index (κ1) is 10.7. The van der Waals surface area contributed by atoms with Crippen molar-refractivity contribution < 1.29 is 19.4 Å². The van der Waals surface area contributed by atoms with Crippen molar-refractivity contribution in [1.29, 1.82) is 0 Å². The Morgan fingerprint density at radius 1 is 1.50 bits per heavy atom. The number of hydrogen-bond donors (Lipinski definition) is 2. The van der Waals surface area contributed by atoms with Gasteiger partial charge in [0.2, 0.25) is 0 Å². The van der Waals surface area contributed by atoms with Gasteiger partial charge in [-0.3, -0.25) is 0 Å². The summed E-state index contributed by atoms with van der Waals surface area (Å²) in [5.41, 5.74) is 0. The minimum absolute atomic E-state index is 0.238. The first-order valence-electron chi connectivity index (χ1n) is 3.77. The standard InChI is InChI=1S/C7H13NO4/c1-3-5(6(9)10)8-7(11)12-4-2/h5H,3-4H2,1-2H3,(H,8,11)(H,9,10)/t5-/m1/s1. The van der Waals surface area contributed by atoms with E-state index in [4.69, 9.17) is 5.11 Å². The molecule has 70 valence electrons. The van der Waals surface area contributed by atoms with Crippen LogP contribution in [0.25, 0.3) is 0 Å². The number of carbonyl (C=O) groups is 2. The van der Waals surface area contributed by atoms with Crippen LogP contribution in [-0.4, -0.2) is 29.8 Å². The fourth-order valence-electron chi connectivity index (χ4n) is 0.653. The highest BCUT2D eigenvalue weighted by atomic mass is 16.5. The van der Waals surface area contributed by atoms with Crippen LogP contribution in [0, 0.1) is 0 Å². The number of carboxylic acids is 1. The lowest BCUT2D eigenvalue weighted by molar-refractivity contribution is -0.139. The van der Waals surface area contributed by atoms with Gasteiger partial charge in [-0.1, -0.05) is 6.92 Å². The van der Waals surface area contributed by atoms with E-state index in [1.807, 2.05) is 0 Å². The normalized spacial score (nSPS) is 11.8. The summed E-state index contributed by atoms with van der Waals surface area (Å²) in [6.07, 6.45) is -0.347. The van der Waals surface area contributed by atoms with Crippen molar-refractivity contribution in [2.75, 3.05) is 6.61 Å². The third-order valence-electron chi connectivity index (χ3n) is 1.27. The molecule has 0 aliphatic rings. The smallest absolute Gasteiger partial charge is 0.407 e. The Bertz CT molecular complexity index is 169. The van der Waals surface area contributed by atoms with Crippen molar-refractivity contribution in [2.45, 2.75) is 26.3 Å². The Hall–Kier alpha value is -1.26. The van der Waals surface area contributed by atoms with Gasteiger partial charge < -0.3 is 15.2 Å². The van der Waals surface area contributed by atoms with Gasteiger partial charge in [-0.15, -0.1) is 0 Å². The van der Waals surface area contributed by atoms with Gasteiger partial charge in [0.25, 0.3) is 0 Å². The molecular weight excluding hydrogens is 162 g/mol. The maximum Gasteiger partial charge on any atom is 0.407 e. The van der Waals surface area contributed by atoms with Crippen LogP contribution in [0.3, 0.4) is 0 Å². The zero-order valence-electron chi connectivity index (χ0n) is 7.16. The minimum Gasteiger partial charge on any atom is -0.480 e. The first-order chi connectivity index (χ1) is 5.61. The highest BCUT2D eigenvalue weighted by molar-refractivity contribution is 5.79. The predicted molar refractivity (Wildman–Crippen MR) is 41.9 cm³/mol. The van der Waals surface area contributed by atoms with Gasteiger partial charge in [0.1, 0.15) is 6.04 Å². The van der Waals surface area contributed by atoms with E-state index in [0.717, 1.165) is 0 Å². The lowest BCUT2D eigenvalue weighted by Crippen LogP contribution is -2.40. The topological polar surface area (TPSA) is 75.6 Å². The molecule has 0 radical (unpaired) electrons. The zero-order chi connectivity index (χ0) is 9.56. The number of hydrogen-bond acceptors (Lipinski definition) is 3. The van der Waals surface area contributed by atoms with Gasteiger partial charge in [0.15, 0.2) is 0 Å². The van der Waals surface area contributed by atoms with Crippen LogP contribution in [0.5, 0.6) is 0 Å². The molecule has 2 N–H and O–H groups in total. The fourth-order valence-corrected chi connectivity index (χ4v) is 0.653. The molecule has 1 amide bonds. The van der Waals surface area contributed by atoms with Crippen LogP contribution in [0.4, 0.5) is 4.79 Å². The quantitative estimate of drug-likeness (QED) is 0.655. The summed E-state index contributed by atoms with van der Waals surface area (Å²) < 4.78 is 4.51. The summed E-state index contributed by atoms with van der Waals surface area (Å²) >= 11 is 0. The molecule has 0 unspecified atom stereocenters. The number of nitrogens with one attached hydrogen (secondary N) is 1. The van der Waals surface area contributed by atoms with E-state index in [0.29, 0.717) is 6.42 Å². The number of alkyl carbamates (subject to hydrolysis) is 1. The van der Waals surface area contributed by atoms with Crippen LogP contribution in [0.1, 0.15) is 20.3 Å². The Kier molecular flexibility index (Phi) is 4.83. The minimum atomic E-state index is -1.05. The molecule has 0 aromatic carbocycles. The van der Waals surface area contributed by atoms with Crippen molar-refractivity contribution in [3.05, 3.63) is 0 Å². The van der Waals surface area contributed by atoms with Crippen molar-refractivity contribution in [2.24, 2.45) is 0 Å². The second kappa shape index (κ2) is 5.40. The maximum absolute atomic E-state index is 10.7. The number of carboxylic acid groups (broad SMARTS) is 1. The summed E-state index contributed by atoms with van der Waals surface area (Å²) in [5.74, 6) is -1.05. The molecular formula is C7H13NO4. The van der Waals surface area contributed by atoms with Crippen LogP contribution in [0.15, 0.2) is 0 Å². The van der Waals surface area contributed by atoms with Crippen LogP contribution >= 0.6 is 0 Å². The molecule has 0 aliphatic carbocycles. The summed E-state index contributed by atoms with van der Waals surface area (Å²) in [6.45, 7) is 3.56. The van der Waals surface area contributed by atoms with Gasteiger partial charge in [0, 0.05) is 0 Å². The van der Waals surface area contributed by atoms with Crippen LogP contribution in [0.2, 0.25) is 0 Å². The molecule has 0 saturated heterocycles. The second-order valence-corrected chi connectivity index (χ2v) is 2.16. The second-order valence-electron chi connectivity index (χ2n) is 2.16. The van der Waals surface area contributed by atoms with E-state index in [9.17, 15) is 9.59 Å². The summed E-state index contributed by atoms with van der Waals surface area (Å²) in [5, 5.41) is 10.7. The third-order valence-corrected chi connectivity index (χ3v) is 1.27. The molecule has 0 heterocycles.